The van der Waals surface area contributed by atoms with Gasteiger partial charge in [0, 0.05) is 18.8 Å². The molecule has 2 heteroatoms. The molecule has 0 aromatic heterocycles. The van der Waals surface area contributed by atoms with Crippen molar-refractivity contribution in [1.29, 1.82) is 0 Å². The molecular weight excluding hydrogens is 214 g/mol. The number of anilines is 1. The van der Waals surface area contributed by atoms with Gasteiger partial charge in [0.15, 0.2) is 0 Å². The normalized spacial score (nSPS) is 10.4. The molecule has 90 valence electrons. The van der Waals surface area contributed by atoms with Crippen molar-refractivity contribution in [3.63, 3.8) is 0 Å². The maximum atomic E-state index is 4.24. The van der Waals surface area contributed by atoms with Crippen LogP contribution in [0.4, 0.5) is 5.69 Å². The van der Waals surface area contributed by atoms with Crippen LogP contribution in [0.3, 0.4) is 0 Å². The molecule has 0 spiro atoms. The van der Waals surface area contributed by atoms with Crippen molar-refractivity contribution >= 4 is 18.3 Å². The van der Waals surface area contributed by atoms with Gasteiger partial charge in [-0.3, -0.25) is 0 Å². The van der Waals surface area contributed by atoms with Gasteiger partial charge in [0.1, 0.15) is 0 Å². The van der Waals surface area contributed by atoms with Crippen LogP contribution < -0.4 is 4.90 Å². The number of benzene rings is 1. The lowest BCUT2D eigenvalue weighted by molar-refractivity contribution is 0.688. The van der Waals surface area contributed by atoms with Crippen molar-refractivity contribution < 1.29 is 0 Å². The molecule has 0 aliphatic heterocycles. The lowest BCUT2D eigenvalue weighted by atomic mass is 10.1. The van der Waals surface area contributed by atoms with Crippen LogP contribution in [-0.4, -0.2) is 18.8 Å². The molecule has 0 aliphatic carbocycles. The van der Waals surface area contributed by atoms with E-state index >= 15 is 0 Å². The summed E-state index contributed by atoms with van der Waals surface area (Å²) in [5, 5.41) is 0. The SMILES string of the molecule is CCN(CCCCCS)c1ccccc1C. The summed E-state index contributed by atoms with van der Waals surface area (Å²) < 4.78 is 0. The first-order chi connectivity index (χ1) is 7.79. The van der Waals surface area contributed by atoms with Gasteiger partial charge in [0.25, 0.3) is 0 Å². The predicted octanol–water partition coefficient (Wildman–Crippen LogP) is 3.92. The molecule has 0 atom stereocenters. The van der Waals surface area contributed by atoms with Crippen molar-refractivity contribution in [1.82, 2.24) is 0 Å². The molecule has 0 saturated carbocycles. The lowest BCUT2D eigenvalue weighted by Crippen LogP contribution is -2.24. The second-order valence-corrected chi connectivity index (χ2v) is 4.60. The minimum absolute atomic E-state index is 1.01. The molecule has 0 aliphatic rings. The highest BCUT2D eigenvalue weighted by Gasteiger charge is 2.05. The first kappa shape index (κ1) is 13.4. The topological polar surface area (TPSA) is 3.24 Å². The number of rotatable bonds is 7. The monoisotopic (exact) mass is 237 g/mol. The van der Waals surface area contributed by atoms with Crippen molar-refractivity contribution in [3.8, 4) is 0 Å². The summed E-state index contributed by atoms with van der Waals surface area (Å²) in [5.41, 5.74) is 2.76. The highest BCUT2D eigenvalue weighted by molar-refractivity contribution is 7.80. The van der Waals surface area contributed by atoms with Crippen molar-refractivity contribution in [3.05, 3.63) is 29.8 Å². The van der Waals surface area contributed by atoms with Gasteiger partial charge in [-0.15, -0.1) is 0 Å². The summed E-state index contributed by atoms with van der Waals surface area (Å²) in [5.74, 6) is 1.01. The van der Waals surface area contributed by atoms with E-state index in [0.29, 0.717) is 0 Å². The van der Waals surface area contributed by atoms with Crippen molar-refractivity contribution in [2.45, 2.75) is 33.1 Å². The molecule has 0 unspecified atom stereocenters. The molecule has 0 saturated heterocycles. The number of hydrogen-bond donors (Lipinski definition) is 1. The molecule has 0 N–H and O–H groups in total. The molecule has 1 aromatic carbocycles. The average Bonchev–Trinajstić information content (AvgIpc) is 2.31. The summed E-state index contributed by atoms with van der Waals surface area (Å²) in [6.45, 7) is 6.66. The summed E-state index contributed by atoms with van der Waals surface area (Å²) in [4.78, 5) is 2.47. The largest absolute Gasteiger partial charge is 0.372 e. The van der Waals surface area contributed by atoms with Crippen LogP contribution in [0, 0.1) is 6.92 Å². The Morgan fingerprint density at radius 1 is 1.12 bits per heavy atom. The number of aryl methyl sites for hydroxylation is 1. The Morgan fingerprint density at radius 2 is 1.88 bits per heavy atom. The third kappa shape index (κ3) is 4.09. The third-order valence-electron chi connectivity index (χ3n) is 2.92. The predicted molar refractivity (Wildman–Crippen MR) is 76.8 cm³/mol. The molecule has 0 bridgehead atoms. The Hall–Kier alpha value is -0.630. The van der Waals surface area contributed by atoms with Gasteiger partial charge in [-0.2, -0.15) is 12.6 Å². The van der Waals surface area contributed by atoms with Crippen molar-refractivity contribution in [2.24, 2.45) is 0 Å². The zero-order chi connectivity index (χ0) is 11.8. The second-order valence-electron chi connectivity index (χ2n) is 4.15. The fourth-order valence-corrected chi connectivity index (χ4v) is 2.18. The molecule has 1 aromatic rings. The third-order valence-corrected chi connectivity index (χ3v) is 3.24. The Kier molecular flexibility index (Phi) is 6.39. The van der Waals surface area contributed by atoms with Gasteiger partial charge in [-0.25, -0.2) is 0 Å². The first-order valence-corrected chi connectivity index (χ1v) is 6.84. The smallest absolute Gasteiger partial charge is 0.0395 e. The van der Waals surface area contributed by atoms with E-state index < -0.39 is 0 Å². The second kappa shape index (κ2) is 7.61. The number of thiol groups is 1. The van der Waals surface area contributed by atoms with Gasteiger partial charge in [0.2, 0.25) is 0 Å². The van der Waals surface area contributed by atoms with E-state index in [1.54, 1.807) is 0 Å². The standard InChI is InChI=1S/C14H23NS/c1-3-15(11-7-4-8-12-16)14-10-6-5-9-13(14)2/h5-6,9-10,16H,3-4,7-8,11-12H2,1-2H3. The highest BCUT2D eigenvalue weighted by Crippen LogP contribution is 2.19. The van der Waals surface area contributed by atoms with E-state index in [1.807, 2.05) is 0 Å². The number of unbranched alkanes of at least 4 members (excludes halogenated alkanes) is 2. The Labute approximate surface area is 105 Å². The molecular formula is C14H23NS. The van der Waals surface area contributed by atoms with E-state index in [-0.39, 0.29) is 0 Å². The van der Waals surface area contributed by atoms with Crippen LogP contribution in [0.25, 0.3) is 0 Å². The van der Waals surface area contributed by atoms with E-state index in [0.717, 1.165) is 18.8 Å². The maximum Gasteiger partial charge on any atom is 0.0395 e. The fraction of sp³-hybridized carbons (Fsp3) is 0.571. The van der Waals surface area contributed by atoms with Crippen LogP contribution >= 0.6 is 12.6 Å². The Morgan fingerprint density at radius 3 is 2.50 bits per heavy atom. The maximum absolute atomic E-state index is 4.24. The number of hydrogen-bond acceptors (Lipinski definition) is 2. The minimum atomic E-state index is 1.01. The molecule has 0 heterocycles. The molecule has 1 nitrogen and oxygen atoms in total. The first-order valence-electron chi connectivity index (χ1n) is 6.21. The van der Waals surface area contributed by atoms with Gasteiger partial charge in [-0.05, 0) is 44.1 Å². The summed E-state index contributed by atoms with van der Waals surface area (Å²) in [6.07, 6.45) is 3.78. The zero-order valence-corrected chi connectivity index (χ0v) is 11.3. The fourth-order valence-electron chi connectivity index (χ4n) is 1.96. The highest BCUT2D eigenvalue weighted by atomic mass is 32.1. The van der Waals surface area contributed by atoms with Gasteiger partial charge in [0.05, 0.1) is 0 Å². The summed E-state index contributed by atoms with van der Waals surface area (Å²) in [7, 11) is 0. The van der Waals surface area contributed by atoms with E-state index in [1.165, 1.54) is 30.5 Å². The van der Waals surface area contributed by atoms with E-state index in [9.17, 15) is 0 Å². The van der Waals surface area contributed by atoms with E-state index in [4.69, 9.17) is 0 Å². The number of para-hydroxylation sites is 1. The molecule has 1 rings (SSSR count). The van der Waals surface area contributed by atoms with Crippen LogP contribution in [0.5, 0.6) is 0 Å². The summed E-state index contributed by atoms with van der Waals surface area (Å²) in [6, 6.07) is 8.63. The Balaban J connectivity index is 2.51. The molecule has 0 radical (unpaired) electrons. The molecule has 16 heavy (non-hydrogen) atoms. The minimum Gasteiger partial charge on any atom is -0.372 e. The zero-order valence-electron chi connectivity index (χ0n) is 10.4. The Bertz CT molecular complexity index is 299. The van der Waals surface area contributed by atoms with E-state index in [2.05, 4.69) is 55.6 Å². The van der Waals surface area contributed by atoms with Crippen LogP contribution in [0.2, 0.25) is 0 Å². The average molecular weight is 237 g/mol. The van der Waals surface area contributed by atoms with Crippen LogP contribution in [0.1, 0.15) is 31.7 Å². The quantitative estimate of drug-likeness (QED) is 0.555. The lowest BCUT2D eigenvalue weighted by Gasteiger charge is -2.24. The summed E-state index contributed by atoms with van der Waals surface area (Å²) >= 11 is 4.24. The van der Waals surface area contributed by atoms with Gasteiger partial charge in [-0.1, -0.05) is 24.6 Å². The molecule has 0 amide bonds. The van der Waals surface area contributed by atoms with Gasteiger partial charge >= 0.3 is 0 Å². The number of nitrogens with zero attached hydrogens (tertiary/aromatic N) is 1. The van der Waals surface area contributed by atoms with Crippen LogP contribution in [0.15, 0.2) is 24.3 Å². The van der Waals surface area contributed by atoms with Gasteiger partial charge < -0.3 is 4.90 Å². The van der Waals surface area contributed by atoms with Crippen LogP contribution in [-0.2, 0) is 0 Å². The van der Waals surface area contributed by atoms with Crippen molar-refractivity contribution in [2.75, 3.05) is 23.7 Å². The molecule has 0 fully saturated rings.